The van der Waals surface area contributed by atoms with Gasteiger partial charge in [-0.1, -0.05) is 6.92 Å². The van der Waals surface area contributed by atoms with Gasteiger partial charge in [0.05, 0.1) is 9.35 Å². The van der Waals surface area contributed by atoms with E-state index in [0.29, 0.717) is 40.7 Å². The Balaban J connectivity index is 1.63. The molecule has 10 heteroatoms. The van der Waals surface area contributed by atoms with E-state index in [2.05, 4.69) is 27.3 Å². The van der Waals surface area contributed by atoms with E-state index >= 15 is 0 Å². The molecule has 1 N–H and O–H groups in total. The molecule has 2 aromatic rings. The second-order valence-corrected chi connectivity index (χ2v) is 11.9. The van der Waals surface area contributed by atoms with Gasteiger partial charge in [0.15, 0.2) is 0 Å². The lowest BCUT2D eigenvalue weighted by Crippen LogP contribution is -2.41. The number of nitrogens with zero attached hydrogens (tertiary/aromatic N) is 2. The molecule has 3 rings (SSSR count). The first-order valence-electron chi connectivity index (χ1n) is 8.44. The largest absolute Gasteiger partial charge is 0.316 e. The number of amides is 1. The summed E-state index contributed by atoms with van der Waals surface area (Å²) in [7, 11) is -3.51. The SMILES string of the molecule is CCc1cc(C#N)c(NC(=O)C2CCN(S(=O)(=O)c3ccc(Br)s3)CC2)s1. The van der Waals surface area contributed by atoms with Crippen LogP contribution in [0.3, 0.4) is 0 Å². The minimum atomic E-state index is -3.51. The van der Waals surface area contributed by atoms with Crippen LogP contribution in [0.15, 0.2) is 26.2 Å². The lowest BCUT2D eigenvalue weighted by molar-refractivity contribution is -0.120. The Bertz CT molecular complexity index is 983. The first kappa shape index (κ1) is 20.5. The lowest BCUT2D eigenvalue weighted by atomic mass is 9.97. The number of nitrogens with one attached hydrogen (secondary N) is 1. The van der Waals surface area contributed by atoms with E-state index in [9.17, 15) is 18.5 Å². The predicted molar refractivity (Wildman–Crippen MR) is 111 cm³/mol. The van der Waals surface area contributed by atoms with Gasteiger partial charge in [-0.2, -0.15) is 9.57 Å². The number of piperidine rings is 1. The molecular formula is C17H18BrN3O3S3. The first-order valence-corrected chi connectivity index (χ1v) is 12.3. The van der Waals surface area contributed by atoms with E-state index in [4.69, 9.17) is 0 Å². The van der Waals surface area contributed by atoms with Crippen LogP contribution < -0.4 is 5.32 Å². The molecule has 1 aliphatic rings. The molecule has 0 saturated carbocycles. The molecule has 1 fully saturated rings. The number of rotatable bonds is 5. The second-order valence-electron chi connectivity index (χ2n) is 6.15. The minimum absolute atomic E-state index is 0.146. The highest BCUT2D eigenvalue weighted by molar-refractivity contribution is 9.11. The summed E-state index contributed by atoms with van der Waals surface area (Å²) < 4.78 is 27.9. The van der Waals surface area contributed by atoms with E-state index in [1.807, 2.05) is 6.92 Å². The monoisotopic (exact) mass is 487 g/mol. The molecule has 0 spiro atoms. The Labute approximate surface area is 175 Å². The number of anilines is 1. The number of sulfonamides is 1. The van der Waals surface area contributed by atoms with Crippen molar-refractivity contribution in [1.29, 1.82) is 5.26 Å². The Kier molecular flexibility index (Phi) is 6.38. The summed E-state index contributed by atoms with van der Waals surface area (Å²) in [5, 5.41) is 12.7. The number of halogens is 1. The number of aryl methyl sites for hydroxylation is 1. The summed E-state index contributed by atoms with van der Waals surface area (Å²) in [5.41, 5.74) is 0.480. The molecular weight excluding hydrogens is 470 g/mol. The zero-order valence-corrected chi connectivity index (χ0v) is 18.6. The van der Waals surface area contributed by atoms with Crippen LogP contribution in [0, 0.1) is 17.2 Å². The number of hydrogen-bond donors (Lipinski definition) is 1. The summed E-state index contributed by atoms with van der Waals surface area (Å²) >= 11 is 5.89. The third kappa shape index (κ3) is 4.43. The van der Waals surface area contributed by atoms with Gasteiger partial charge in [0.1, 0.15) is 15.3 Å². The van der Waals surface area contributed by atoms with Crippen molar-refractivity contribution in [2.45, 2.75) is 30.4 Å². The van der Waals surface area contributed by atoms with Crippen molar-refractivity contribution in [3.05, 3.63) is 32.4 Å². The highest BCUT2D eigenvalue weighted by Gasteiger charge is 2.33. The Morgan fingerprint density at radius 1 is 1.37 bits per heavy atom. The number of nitriles is 1. The average Bonchev–Trinajstić information content (AvgIpc) is 3.28. The van der Waals surface area contributed by atoms with Crippen molar-refractivity contribution < 1.29 is 13.2 Å². The molecule has 0 unspecified atom stereocenters. The highest BCUT2D eigenvalue weighted by Crippen LogP contribution is 2.32. The van der Waals surface area contributed by atoms with Crippen molar-refractivity contribution in [1.82, 2.24) is 4.31 Å². The molecule has 0 bridgehead atoms. The van der Waals surface area contributed by atoms with Gasteiger partial charge in [0.2, 0.25) is 5.91 Å². The van der Waals surface area contributed by atoms with Gasteiger partial charge in [0.25, 0.3) is 10.0 Å². The van der Waals surface area contributed by atoms with Crippen LogP contribution >= 0.6 is 38.6 Å². The van der Waals surface area contributed by atoms with Crippen molar-refractivity contribution >= 4 is 59.5 Å². The van der Waals surface area contributed by atoms with Crippen LogP contribution in [0.1, 0.15) is 30.2 Å². The Morgan fingerprint density at radius 2 is 2.07 bits per heavy atom. The zero-order chi connectivity index (χ0) is 19.6. The van der Waals surface area contributed by atoms with Crippen molar-refractivity contribution in [3.63, 3.8) is 0 Å². The molecule has 1 saturated heterocycles. The van der Waals surface area contributed by atoms with Gasteiger partial charge in [-0.05, 0) is 53.4 Å². The van der Waals surface area contributed by atoms with Crippen LogP contribution in [-0.2, 0) is 21.2 Å². The molecule has 0 aliphatic carbocycles. The quantitative estimate of drug-likeness (QED) is 0.688. The van der Waals surface area contributed by atoms with Crippen LogP contribution in [0.25, 0.3) is 0 Å². The molecule has 1 aliphatic heterocycles. The molecule has 3 heterocycles. The van der Waals surface area contributed by atoms with Crippen LogP contribution in [0.4, 0.5) is 5.00 Å². The number of thiophene rings is 2. The van der Waals surface area contributed by atoms with E-state index in [-0.39, 0.29) is 11.8 Å². The number of carbonyl (C=O) groups excluding carboxylic acids is 1. The Morgan fingerprint density at radius 3 is 2.63 bits per heavy atom. The fourth-order valence-electron chi connectivity index (χ4n) is 2.93. The van der Waals surface area contributed by atoms with Crippen molar-refractivity contribution in [2.75, 3.05) is 18.4 Å². The molecule has 6 nitrogen and oxygen atoms in total. The summed E-state index contributed by atoms with van der Waals surface area (Å²) in [6, 6.07) is 7.22. The maximum atomic E-state index is 12.7. The second kappa shape index (κ2) is 8.41. The average molecular weight is 488 g/mol. The van der Waals surface area contributed by atoms with E-state index in [1.54, 1.807) is 18.2 Å². The number of carbonyl (C=O) groups is 1. The molecule has 2 aromatic heterocycles. The maximum absolute atomic E-state index is 12.7. The summed E-state index contributed by atoms with van der Waals surface area (Å²) in [6.45, 7) is 2.62. The minimum Gasteiger partial charge on any atom is -0.316 e. The summed E-state index contributed by atoms with van der Waals surface area (Å²) in [5.74, 6) is -0.405. The number of hydrogen-bond acceptors (Lipinski definition) is 6. The Hall–Kier alpha value is -1.25. The standard InChI is InChI=1S/C17H18BrN3O3S3/c1-2-13-9-12(10-19)17(25-13)20-16(22)11-5-7-21(8-6-11)27(23,24)15-4-3-14(18)26-15/h3-4,9,11H,2,5-8H2,1H3,(H,20,22). The highest BCUT2D eigenvalue weighted by atomic mass is 79.9. The summed E-state index contributed by atoms with van der Waals surface area (Å²) in [4.78, 5) is 13.6. The smallest absolute Gasteiger partial charge is 0.252 e. The molecule has 27 heavy (non-hydrogen) atoms. The zero-order valence-electron chi connectivity index (χ0n) is 14.6. The fourth-order valence-corrected chi connectivity index (χ4v) is 7.51. The van der Waals surface area contributed by atoms with Crippen molar-refractivity contribution in [2.24, 2.45) is 5.92 Å². The lowest BCUT2D eigenvalue weighted by Gasteiger charge is -2.30. The van der Waals surface area contributed by atoms with Gasteiger partial charge < -0.3 is 5.32 Å². The summed E-state index contributed by atoms with van der Waals surface area (Å²) in [6.07, 6.45) is 1.74. The van der Waals surface area contributed by atoms with E-state index in [1.165, 1.54) is 27.0 Å². The molecule has 144 valence electrons. The van der Waals surface area contributed by atoms with Crippen LogP contribution in [0.2, 0.25) is 0 Å². The predicted octanol–water partition coefficient (Wildman–Crippen LogP) is 4.05. The fraction of sp³-hybridized carbons (Fsp3) is 0.412. The van der Waals surface area contributed by atoms with Crippen LogP contribution in [-0.4, -0.2) is 31.7 Å². The molecule has 0 atom stereocenters. The van der Waals surface area contributed by atoms with Gasteiger partial charge in [-0.15, -0.1) is 22.7 Å². The van der Waals surface area contributed by atoms with E-state index in [0.717, 1.165) is 15.1 Å². The topological polar surface area (TPSA) is 90.3 Å². The molecule has 0 aromatic carbocycles. The molecule has 0 radical (unpaired) electrons. The maximum Gasteiger partial charge on any atom is 0.252 e. The molecule has 1 amide bonds. The first-order chi connectivity index (χ1) is 12.8. The normalized spacial score (nSPS) is 16.2. The van der Waals surface area contributed by atoms with Gasteiger partial charge >= 0.3 is 0 Å². The van der Waals surface area contributed by atoms with Crippen molar-refractivity contribution in [3.8, 4) is 6.07 Å². The van der Waals surface area contributed by atoms with Gasteiger partial charge in [-0.3, -0.25) is 4.79 Å². The van der Waals surface area contributed by atoms with Gasteiger partial charge in [-0.25, -0.2) is 8.42 Å². The van der Waals surface area contributed by atoms with E-state index < -0.39 is 10.0 Å². The van der Waals surface area contributed by atoms with Gasteiger partial charge in [0, 0.05) is 23.9 Å². The van der Waals surface area contributed by atoms with Crippen LogP contribution in [0.5, 0.6) is 0 Å². The third-order valence-corrected chi connectivity index (χ3v) is 9.64. The third-order valence-electron chi connectivity index (χ3n) is 4.46.